The Labute approximate surface area is 219 Å². The molecule has 2 aromatic carbocycles. The summed E-state index contributed by atoms with van der Waals surface area (Å²) in [6, 6.07) is 14.7. The number of carbonyl (C=O) groups is 2. The van der Waals surface area contributed by atoms with Crippen molar-refractivity contribution in [3.63, 3.8) is 0 Å². The van der Waals surface area contributed by atoms with E-state index in [9.17, 15) is 18.4 Å². The lowest BCUT2D eigenvalue weighted by Gasteiger charge is -2.30. The van der Waals surface area contributed by atoms with Gasteiger partial charge in [-0.3, -0.25) is 14.5 Å². The number of nitrogens with zero attached hydrogens (tertiary/aromatic N) is 4. The van der Waals surface area contributed by atoms with E-state index in [1.54, 1.807) is 48.5 Å². The summed E-state index contributed by atoms with van der Waals surface area (Å²) in [5.41, 5.74) is 0.857. The smallest absolute Gasteiger partial charge is 0.290 e. The van der Waals surface area contributed by atoms with Gasteiger partial charge in [-0.2, -0.15) is 5.10 Å². The maximum Gasteiger partial charge on any atom is 0.290 e. The maximum absolute atomic E-state index is 14.8. The normalized spacial score (nSPS) is 17.9. The molecule has 0 N–H and O–H groups in total. The van der Waals surface area contributed by atoms with E-state index in [0.29, 0.717) is 25.5 Å². The minimum Gasteiger partial charge on any atom is -0.459 e. The highest BCUT2D eigenvalue weighted by atomic mass is 19.1. The molecule has 3 heterocycles. The van der Waals surface area contributed by atoms with Crippen LogP contribution in [0.3, 0.4) is 0 Å². The minimum atomic E-state index is -0.780. The summed E-state index contributed by atoms with van der Waals surface area (Å²) in [6.45, 7) is 3.19. The van der Waals surface area contributed by atoms with Gasteiger partial charge in [-0.25, -0.2) is 13.8 Å². The summed E-state index contributed by atoms with van der Waals surface area (Å²) < 4.78 is 40.1. The van der Waals surface area contributed by atoms with Crippen LogP contribution in [0.1, 0.15) is 34.1 Å². The number of hydrazone groups is 1. The molecule has 1 saturated heterocycles. The Kier molecular flexibility index (Phi) is 7.90. The van der Waals surface area contributed by atoms with Crippen molar-refractivity contribution in [2.45, 2.75) is 12.5 Å². The molecule has 1 aromatic heterocycles. The number of carbonyl (C=O) groups excluding carboxylic acids is 2. The summed E-state index contributed by atoms with van der Waals surface area (Å²) >= 11 is 0. The van der Waals surface area contributed by atoms with Gasteiger partial charge >= 0.3 is 0 Å². The molecular weight excluding hydrogens is 494 g/mol. The van der Waals surface area contributed by atoms with E-state index in [-0.39, 0.29) is 36.4 Å². The summed E-state index contributed by atoms with van der Waals surface area (Å²) in [5.74, 6) is -1.80. The SMILES string of the molecule is O=C(c1ccco1)N(CCN1CCOCC1)CC(=O)N1N=C(c2ccccc2F)CC1c1ccccc1F. The molecule has 0 aliphatic carbocycles. The number of amides is 2. The van der Waals surface area contributed by atoms with Gasteiger partial charge in [0.15, 0.2) is 5.76 Å². The molecule has 0 bridgehead atoms. The molecule has 0 spiro atoms. The number of benzene rings is 2. The first kappa shape index (κ1) is 25.7. The Morgan fingerprint density at radius 1 is 0.974 bits per heavy atom. The largest absolute Gasteiger partial charge is 0.459 e. The average Bonchev–Trinajstić information content (AvgIpc) is 3.63. The van der Waals surface area contributed by atoms with Crippen molar-refractivity contribution in [2.24, 2.45) is 5.10 Å². The first-order chi connectivity index (χ1) is 18.5. The third-order valence-electron chi connectivity index (χ3n) is 6.75. The van der Waals surface area contributed by atoms with Gasteiger partial charge < -0.3 is 14.1 Å². The molecule has 5 rings (SSSR count). The molecule has 1 atom stereocenters. The summed E-state index contributed by atoms with van der Waals surface area (Å²) in [5, 5.41) is 5.63. The van der Waals surface area contributed by atoms with E-state index in [4.69, 9.17) is 9.15 Å². The predicted octanol–water partition coefficient (Wildman–Crippen LogP) is 3.71. The Morgan fingerprint density at radius 2 is 1.71 bits per heavy atom. The number of halogens is 2. The molecule has 2 aliphatic heterocycles. The van der Waals surface area contributed by atoms with Gasteiger partial charge in [0.25, 0.3) is 11.8 Å². The highest BCUT2D eigenvalue weighted by Crippen LogP contribution is 2.34. The topological polar surface area (TPSA) is 78.6 Å². The van der Waals surface area contributed by atoms with Crippen molar-refractivity contribution in [3.05, 3.63) is 95.4 Å². The van der Waals surface area contributed by atoms with Crippen molar-refractivity contribution >= 4 is 17.5 Å². The van der Waals surface area contributed by atoms with Gasteiger partial charge in [0.2, 0.25) is 0 Å². The van der Waals surface area contributed by atoms with Crippen LogP contribution in [0.25, 0.3) is 0 Å². The second-order valence-corrected chi connectivity index (χ2v) is 9.16. The van der Waals surface area contributed by atoms with Crippen LogP contribution in [0, 0.1) is 11.6 Å². The lowest BCUT2D eigenvalue weighted by Crippen LogP contribution is -2.46. The van der Waals surface area contributed by atoms with Gasteiger partial charge in [0.05, 0.1) is 31.2 Å². The van der Waals surface area contributed by atoms with Gasteiger partial charge in [-0.1, -0.05) is 36.4 Å². The van der Waals surface area contributed by atoms with E-state index >= 15 is 0 Å². The molecular formula is C28H28F2N4O4. The summed E-state index contributed by atoms with van der Waals surface area (Å²) in [4.78, 5) is 30.5. The predicted molar refractivity (Wildman–Crippen MR) is 135 cm³/mol. The minimum absolute atomic E-state index is 0.113. The van der Waals surface area contributed by atoms with E-state index in [1.807, 2.05) is 0 Å². The van der Waals surface area contributed by atoms with Gasteiger partial charge in [0, 0.05) is 43.7 Å². The fourth-order valence-electron chi connectivity index (χ4n) is 4.72. The number of ether oxygens (including phenoxy) is 1. The van der Waals surface area contributed by atoms with Crippen LogP contribution in [0.4, 0.5) is 8.78 Å². The third kappa shape index (κ3) is 5.66. The number of hydrogen-bond acceptors (Lipinski definition) is 6. The number of rotatable bonds is 8. The zero-order valence-corrected chi connectivity index (χ0v) is 20.8. The van der Waals surface area contributed by atoms with Crippen molar-refractivity contribution in [3.8, 4) is 0 Å². The van der Waals surface area contributed by atoms with Crippen LogP contribution in [0.2, 0.25) is 0 Å². The maximum atomic E-state index is 14.8. The van der Waals surface area contributed by atoms with Crippen LogP contribution in [-0.2, 0) is 9.53 Å². The van der Waals surface area contributed by atoms with Crippen LogP contribution in [0.15, 0.2) is 76.4 Å². The van der Waals surface area contributed by atoms with Crippen molar-refractivity contribution < 1.29 is 27.5 Å². The number of morpholine rings is 1. The molecule has 0 saturated carbocycles. The van der Waals surface area contributed by atoms with Crippen LogP contribution >= 0.6 is 0 Å². The molecule has 38 heavy (non-hydrogen) atoms. The highest BCUT2D eigenvalue weighted by molar-refractivity contribution is 6.03. The molecule has 2 aliphatic rings. The lowest BCUT2D eigenvalue weighted by molar-refractivity contribution is -0.133. The fraction of sp³-hybridized carbons (Fsp3) is 0.321. The van der Waals surface area contributed by atoms with Gasteiger partial charge in [0.1, 0.15) is 18.2 Å². The molecule has 2 amide bonds. The summed E-state index contributed by atoms with van der Waals surface area (Å²) in [7, 11) is 0. The first-order valence-corrected chi connectivity index (χ1v) is 12.5. The van der Waals surface area contributed by atoms with Crippen LogP contribution < -0.4 is 0 Å². The molecule has 1 fully saturated rings. The summed E-state index contributed by atoms with van der Waals surface area (Å²) in [6.07, 6.45) is 1.53. The molecule has 10 heteroatoms. The molecule has 8 nitrogen and oxygen atoms in total. The number of hydrogen-bond donors (Lipinski definition) is 0. The van der Waals surface area contributed by atoms with Gasteiger partial charge in [-0.05, 0) is 24.3 Å². The van der Waals surface area contributed by atoms with Crippen molar-refractivity contribution in [1.29, 1.82) is 0 Å². The second kappa shape index (κ2) is 11.7. The fourth-order valence-corrected chi connectivity index (χ4v) is 4.72. The second-order valence-electron chi connectivity index (χ2n) is 9.16. The standard InChI is InChI=1S/C28H28F2N4O4/c29-22-8-3-1-6-20(22)24-18-25(21-7-2-4-9-23(21)30)34(31-24)27(35)19-33(28(36)26-10-5-15-38-26)12-11-32-13-16-37-17-14-32/h1-10,15,25H,11-14,16-19H2. The quantitative estimate of drug-likeness (QED) is 0.451. The van der Waals surface area contributed by atoms with E-state index in [2.05, 4.69) is 10.0 Å². The Morgan fingerprint density at radius 3 is 2.42 bits per heavy atom. The van der Waals surface area contributed by atoms with E-state index < -0.39 is 29.5 Å². The van der Waals surface area contributed by atoms with Crippen LogP contribution in [0.5, 0.6) is 0 Å². The highest BCUT2D eigenvalue weighted by Gasteiger charge is 2.36. The Hall–Kier alpha value is -3.89. The number of furan rings is 1. The monoisotopic (exact) mass is 522 g/mol. The molecule has 1 unspecified atom stereocenters. The lowest BCUT2D eigenvalue weighted by atomic mass is 9.97. The average molecular weight is 523 g/mol. The van der Waals surface area contributed by atoms with E-state index in [1.165, 1.54) is 28.3 Å². The van der Waals surface area contributed by atoms with E-state index in [0.717, 1.165) is 13.1 Å². The third-order valence-corrected chi connectivity index (χ3v) is 6.75. The Balaban J connectivity index is 1.41. The molecule has 3 aromatic rings. The Bertz CT molecular complexity index is 1310. The van der Waals surface area contributed by atoms with Crippen molar-refractivity contribution in [2.75, 3.05) is 45.9 Å². The zero-order valence-electron chi connectivity index (χ0n) is 20.8. The molecule has 0 radical (unpaired) electrons. The van der Waals surface area contributed by atoms with Gasteiger partial charge in [-0.15, -0.1) is 0 Å². The molecule has 198 valence electrons. The van der Waals surface area contributed by atoms with Crippen molar-refractivity contribution in [1.82, 2.24) is 14.8 Å². The first-order valence-electron chi connectivity index (χ1n) is 12.5. The zero-order chi connectivity index (χ0) is 26.5. The van der Waals surface area contributed by atoms with Crippen LogP contribution in [-0.4, -0.2) is 78.3 Å².